The molecule has 1 fully saturated rings. The number of hydrogen-bond acceptors (Lipinski definition) is 3. The van der Waals surface area contributed by atoms with Gasteiger partial charge in [0.2, 0.25) is 0 Å². The minimum absolute atomic E-state index is 0.111. The van der Waals surface area contributed by atoms with Crippen LogP contribution < -0.4 is 4.74 Å². The van der Waals surface area contributed by atoms with E-state index >= 15 is 0 Å². The van der Waals surface area contributed by atoms with E-state index in [0.717, 1.165) is 24.3 Å². The Balaban J connectivity index is 1.82. The number of para-hydroxylation sites is 1. The Hall–Kier alpha value is -1.06. The Kier molecular flexibility index (Phi) is 3.76. The molecular formula is C16H23NO2. The molecule has 2 aliphatic rings. The average molecular weight is 261 g/mol. The van der Waals surface area contributed by atoms with Crippen molar-refractivity contribution in [1.29, 1.82) is 0 Å². The molecule has 2 aliphatic heterocycles. The summed E-state index contributed by atoms with van der Waals surface area (Å²) in [4.78, 5) is 2.48. The summed E-state index contributed by atoms with van der Waals surface area (Å²) in [6.07, 6.45) is 4.54. The molecule has 0 saturated carbocycles. The van der Waals surface area contributed by atoms with Gasteiger partial charge in [-0.2, -0.15) is 0 Å². The van der Waals surface area contributed by atoms with Crippen molar-refractivity contribution in [2.75, 3.05) is 13.2 Å². The summed E-state index contributed by atoms with van der Waals surface area (Å²) in [6, 6.07) is 8.57. The van der Waals surface area contributed by atoms with Gasteiger partial charge in [-0.05, 0) is 31.9 Å². The van der Waals surface area contributed by atoms with E-state index in [1.54, 1.807) is 0 Å². The first kappa shape index (κ1) is 12.9. The van der Waals surface area contributed by atoms with Crippen molar-refractivity contribution in [3.63, 3.8) is 0 Å². The van der Waals surface area contributed by atoms with E-state index in [1.807, 2.05) is 24.3 Å². The lowest BCUT2D eigenvalue weighted by atomic mass is 9.92. The molecule has 3 unspecified atom stereocenters. The molecule has 1 N–H and O–H groups in total. The first-order chi connectivity index (χ1) is 9.31. The van der Waals surface area contributed by atoms with E-state index in [9.17, 15) is 5.11 Å². The number of benzene rings is 1. The van der Waals surface area contributed by atoms with Gasteiger partial charge >= 0.3 is 0 Å². The fourth-order valence-electron chi connectivity index (χ4n) is 3.50. The molecule has 3 heteroatoms. The van der Waals surface area contributed by atoms with Crippen LogP contribution in [0.1, 0.15) is 44.3 Å². The number of nitrogens with zero attached hydrogens (tertiary/aromatic N) is 1. The third-order valence-corrected chi connectivity index (χ3v) is 4.58. The monoisotopic (exact) mass is 261 g/mol. The van der Waals surface area contributed by atoms with Crippen LogP contribution in [0.4, 0.5) is 0 Å². The van der Waals surface area contributed by atoms with Crippen LogP contribution in [0.2, 0.25) is 0 Å². The highest BCUT2D eigenvalue weighted by Crippen LogP contribution is 2.36. The van der Waals surface area contributed by atoms with Gasteiger partial charge in [-0.3, -0.25) is 4.90 Å². The molecule has 3 nitrogen and oxygen atoms in total. The van der Waals surface area contributed by atoms with E-state index < -0.39 is 6.10 Å². The molecular weight excluding hydrogens is 238 g/mol. The number of aliphatic hydroxyl groups excluding tert-OH is 1. The van der Waals surface area contributed by atoms with Gasteiger partial charge in [-0.1, -0.05) is 31.5 Å². The molecule has 0 aliphatic carbocycles. The van der Waals surface area contributed by atoms with Crippen molar-refractivity contribution in [3.05, 3.63) is 29.8 Å². The Labute approximate surface area is 115 Å². The standard InChI is InChI=1S/C16H23NO2/c1-2-12-7-5-6-10-17(12)14-11-19-15-9-4-3-8-13(15)16(14)18/h3-4,8-9,12,14,16,18H,2,5-7,10-11H2,1H3. The Morgan fingerprint density at radius 3 is 3.00 bits per heavy atom. The number of aliphatic hydroxyl groups is 1. The molecule has 1 aromatic carbocycles. The number of hydrogen-bond donors (Lipinski definition) is 1. The first-order valence-corrected chi connectivity index (χ1v) is 7.46. The molecule has 0 radical (unpaired) electrons. The third-order valence-electron chi connectivity index (χ3n) is 4.58. The predicted molar refractivity (Wildman–Crippen MR) is 75.3 cm³/mol. The van der Waals surface area contributed by atoms with Gasteiger partial charge in [0.25, 0.3) is 0 Å². The topological polar surface area (TPSA) is 32.7 Å². The molecule has 0 amide bonds. The van der Waals surface area contributed by atoms with Crippen LogP contribution in [-0.4, -0.2) is 35.2 Å². The smallest absolute Gasteiger partial charge is 0.125 e. The number of fused-ring (bicyclic) bond motifs is 1. The summed E-state index contributed by atoms with van der Waals surface area (Å²) in [5.74, 6) is 0.844. The Bertz CT molecular complexity index is 435. The van der Waals surface area contributed by atoms with E-state index in [-0.39, 0.29) is 6.04 Å². The summed E-state index contributed by atoms with van der Waals surface area (Å²) >= 11 is 0. The maximum absolute atomic E-state index is 10.7. The van der Waals surface area contributed by atoms with Crippen LogP contribution >= 0.6 is 0 Å². The van der Waals surface area contributed by atoms with E-state index in [2.05, 4.69) is 11.8 Å². The van der Waals surface area contributed by atoms with Gasteiger partial charge in [0.1, 0.15) is 18.5 Å². The zero-order valence-corrected chi connectivity index (χ0v) is 11.6. The summed E-state index contributed by atoms with van der Waals surface area (Å²) in [7, 11) is 0. The number of piperidine rings is 1. The van der Waals surface area contributed by atoms with Crippen molar-refractivity contribution < 1.29 is 9.84 Å². The lowest BCUT2D eigenvalue weighted by Crippen LogP contribution is -2.52. The number of rotatable bonds is 2. The molecule has 0 aromatic heterocycles. The van der Waals surface area contributed by atoms with Gasteiger partial charge in [-0.15, -0.1) is 0 Å². The lowest BCUT2D eigenvalue weighted by Gasteiger charge is -2.44. The molecule has 1 saturated heterocycles. The normalized spacial score (nSPS) is 31.6. The van der Waals surface area contributed by atoms with Gasteiger partial charge in [-0.25, -0.2) is 0 Å². The maximum atomic E-state index is 10.7. The van der Waals surface area contributed by atoms with Crippen LogP contribution in [0.5, 0.6) is 5.75 Å². The largest absolute Gasteiger partial charge is 0.491 e. The molecule has 104 valence electrons. The molecule has 2 heterocycles. The first-order valence-electron chi connectivity index (χ1n) is 7.46. The van der Waals surface area contributed by atoms with E-state index in [0.29, 0.717) is 12.6 Å². The minimum atomic E-state index is -0.419. The zero-order valence-electron chi connectivity index (χ0n) is 11.6. The second kappa shape index (κ2) is 5.51. The third kappa shape index (κ3) is 2.37. The highest BCUT2D eigenvalue weighted by atomic mass is 16.5. The number of ether oxygens (including phenoxy) is 1. The molecule has 1 aromatic rings. The maximum Gasteiger partial charge on any atom is 0.125 e. The lowest BCUT2D eigenvalue weighted by molar-refractivity contribution is -0.0293. The van der Waals surface area contributed by atoms with Crippen LogP contribution in [0, 0.1) is 0 Å². The summed E-state index contributed by atoms with van der Waals surface area (Å²) in [6.45, 7) is 3.94. The van der Waals surface area contributed by atoms with Crippen LogP contribution in [0.3, 0.4) is 0 Å². The minimum Gasteiger partial charge on any atom is -0.491 e. The van der Waals surface area contributed by atoms with Gasteiger partial charge in [0.05, 0.1) is 6.04 Å². The molecule has 3 atom stereocenters. The van der Waals surface area contributed by atoms with Crippen molar-refractivity contribution in [3.8, 4) is 5.75 Å². The second-order valence-electron chi connectivity index (χ2n) is 5.66. The highest BCUT2D eigenvalue weighted by Gasteiger charge is 2.37. The van der Waals surface area contributed by atoms with E-state index in [1.165, 1.54) is 19.3 Å². The van der Waals surface area contributed by atoms with Gasteiger partial charge < -0.3 is 9.84 Å². The van der Waals surface area contributed by atoms with Gasteiger partial charge in [0, 0.05) is 11.6 Å². The van der Waals surface area contributed by atoms with Crippen molar-refractivity contribution in [2.45, 2.75) is 50.8 Å². The van der Waals surface area contributed by atoms with Crippen molar-refractivity contribution in [2.24, 2.45) is 0 Å². The Morgan fingerprint density at radius 1 is 1.32 bits per heavy atom. The predicted octanol–water partition coefficient (Wildman–Crippen LogP) is 2.75. The van der Waals surface area contributed by atoms with Crippen LogP contribution in [0.25, 0.3) is 0 Å². The molecule has 3 rings (SSSR count). The fourth-order valence-corrected chi connectivity index (χ4v) is 3.50. The SMILES string of the molecule is CCC1CCCCN1C1COc2ccccc2C1O. The van der Waals surface area contributed by atoms with Crippen molar-refractivity contribution in [1.82, 2.24) is 4.90 Å². The molecule has 19 heavy (non-hydrogen) atoms. The second-order valence-corrected chi connectivity index (χ2v) is 5.66. The quantitative estimate of drug-likeness (QED) is 0.888. The summed E-state index contributed by atoms with van der Waals surface area (Å²) < 4.78 is 5.85. The summed E-state index contributed by atoms with van der Waals surface area (Å²) in [5.41, 5.74) is 0.944. The molecule has 0 bridgehead atoms. The fraction of sp³-hybridized carbons (Fsp3) is 0.625. The average Bonchev–Trinajstić information content (AvgIpc) is 2.48. The van der Waals surface area contributed by atoms with E-state index in [4.69, 9.17) is 4.74 Å². The van der Waals surface area contributed by atoms with Crippen LogP contribution in [-0.2, 0) is 0 Å². The summed E-state index contributed by atoms with van der Waals surface area (Å²) in [5, 5.41) is 10.7. The highest BCUT2D eigenvalue weighted by molar-refractivity contribution is 5.37. The van der Waals surface area contributed by atoms with Gasteiger partial charge in [0.15, 0.2) is 0 Å². The van der Waals surface area contributed by atoms with Crippen LogP contribution in [0.15, 0.2) is 24.3 Å². The van der Waals surface area contributed by atoms with Crippen molar-refractivity contribution >= 4 is 0 Å². The zero-order chi connectivity index (χ0) is 13.2. The molecule has 0 spiro atoms. The Morgan fingerprint density at radius 2 is 2.16 bits per heavy atom. The number of likely N-dealkylation sites (tertiary alicyclic amines) is 1.